The molecule has 1 aromatic heterocycles. The number of hydrogen-bond acceptors (Lipinski definition) is 5. The summed E-state index contributed by atoms with van der Waals surface area (Å²) in [4.78, 5) is 18.0. The quantitative estimate of drug-likeness (QED) is 0.799. The number of benzene rings is 1. The van der Waals surface area contributed by atoms with Crippen molar-refractivity contribution in [2.75, 3.05) is 28.8 Å². The normalized spacial score (nSPS) is 18.3. The molecule has 1 atom stereocenters. The number of hydrogen-bond donors (Lipinski definition) is 1. The zero-order chi connectivity index (χ0) is 19.8. The fraction of sp³-hybridized carbons (Fsp3) is 0.294. The van der Waals surface area contributed by atoms with Gasteiger partial charge in [0.25, 0.3) is 5.91 Å². The minimum Gasteiger partial charge on any atom is -0.369 e. The Hall–Kier alpha value is -2.62. The van der Waals surface area contributed by atoms with E-state index in [9.17, 15) is 26.4 Å². The number of carbonyl (C=O) groups is 1. The fourth-order valence-electron chi connectivity index (χ4n) is 2.85. The lowest BCUT2D eigenvalue weighted by molar-refractivity contribution is 0.102. The Bertz CT molecular complexity index is 998. The molecule has 144 valence electrons. The zero-order valence-corrected chi connectivity index (χ0v) is 15.1. The third kappa shape index (κ3) is 4.05. The van der Waals surface area contributed by atoms with Gasteiger partial charge in [-0.3, -0.25) is 9.78 Å². The van der Waals surface area contributed by atoms with E-state index in [1.807, 2.05) is 0 Å². The van der Waals surface area contributed by atoms with Crippen molar-refractivity contribution in [3.8, 4) is 0 Å². The first kappa shape index (κ1) is 19.2. The molecule has 2 heterocycles. The average Bonchev–Trinajstić information content (AvgIpc) is 3.01. The second kappa shape index (κ2) is 7.18. The fourth-order valence-corrected chi connectivity index (χ4v) is 4.63. The summed E-state index contributed by atoms with van der Waals surface area (Å²) in [5.74, 6) is -5.18. The molecule has 0 aliphatic carbocycles. The highest BCUT2D eigenvalue weighted by molar-refractivity contribution is 7.91. The number of sulfone groups is 1. The van der Waals surface area contributed by atoms with Crippen molar-refractivity contribution in [1.82, 2.24) is 4.98 Å². The standard InChI is InChI=1S/C17H16F3N3O3S/c1-23(11-4-5-27(25,26)9-11)12-6-10(7-21-8-12)17(24)22-14-3-2-13(18)15(19)16(14)20/h2-3,6-8,11H,4-5,9H2,1H3,(H,22,24). The van der Waals surface area contributed by atoms with E-state index in [4.69, 9.17) is 0 Å². The van der Waals surface area contributed by atoms with E-state index in [1.165, 1.54) is 18.5 Å². The van der Waals surface area contributed by atoms with Crippen LogP contribution in [-0.4, -0.2) is 43.9 Å². The van der Waals surface area contributed by atoms with E-state index >= 15 is 0 Å². The van der Waals surface area contributed by atoms with Gasteiger partial charge in [0.15, 0.2) is 27.3 Å². The molecule has 6 nitrogen and oxygen atoms in total. The highest BCUT2D eigenvalue weighted by Crippen LogP contribution is 2.24. The predicted octanol–water partition coefficient (Wildman–Crippen LogP) is 2.37. The summed E-state index contributed by atoms with van der Waals surface area (Å²) in [5.41, 5.74) is 0.0689. The molecule has 1 aliphatic heterocycles. The van der Waals surface area contributed by atoms with Crippen LogP contribution in [0, 0.1) is 17.5 Å². The summed E-state index contributed by atoms with van der Waals surface area (Å²) in [6.45, 7) is 0. The Morgan fingerprint density at radius 1 is 1.22 bits per heavy atom. The van der Waals surface area contributed by atoms with E-state index in [0.29, 0.717) is 18.2 Å². The number of halogens is 3. The molecule has 1 N–H and O–H groups in total. The van der Waals surface area contributed by atoms with Crippen LogP contribution in [0.3, 0.4) is 0 Å². The first-order chi connectivity index (χ1) is 12.7. The molecular weight excluding hydrogens is 383 g/mol. The van der Waals surface area contributed by atoms with Crippen molar-refractivity contribution in [1.29, 1.82) is 0 Å². The average molecular weight is 399 g/mol. The summed E-state index contributed by atoms with van der Waals surface area (Å²) in [6.07, 6.45) is 3.17. The van der Waals surface area contributed by atoms with Gasteiger partial charge in [0, 0.05) is 19.3 Å². The first-order valence-electron chi connectivity index (χ1n) is 8.01. The lowest BCUT2D eigenvalue weighted by atomic mass is 10.2. The van der Waals surface area contributed by atoms with Crippen LogP contribution in [0.4, 0.5) is 24.5 Å². The number of nitrogens with zero attached hydrogens (tertiary/aromatic N) is 2. The van der Waals surface area contributed by atoms with Crippen molar-refractivity contribution in [3.05, 3.63) is 53.6 Å². The van der Waals surface area contributed by atoms with Crippen LogP contribution >= 0.6 is 0 Å². The van der Waals surface area contributed by atoms with E-state index in [2.05, 4.69) is 10.3 Å². The third-order valence-electron chi connectivity index (χ3n) is 4.43. The summed E-state index contributed by atoms with van der Waals surface area (Å²) in [7, 11) is -1.38. The minimum absolute atomic E-state index is 0.0139. The molecule has 3 rings (SSSR count). The summed E-state index contributed by atoms with van der Waals surface area (Å²) < 4.78 is 63.2. The molecule has 1 aliphatic rings. The van der Waals surface area contributed by atoms with Crippen LogP contribution in [0.25, 0.3) is 0 Å². The smallest absolute Gasteiger partial charge is 0.257 e. The van der Waals surface area contributed by atoms with E-state index in [-0.39, 0.29) is 23.1 Å². The largest absolute Gasteiger partial charge is 0.369 e. The lowest BCUT2D eigenvalue weighted by Crippen LogP contribution is -2.32. The zero-order valence-electron chi connectivity index (χ0n) is 14.2. The van der Waals surface area contributed by atoms with E-state index in [1.54, 1.807) is 11.9 Å². The summed E-state index contributed by atoms with van der Waals surface area (Å²) in [6, 6.07) is 2.85. The maximum Gasteiger partial charge on any atom is 0.257 e. The van der Waals surface area contributed by atoms with Gasteiger partial charge in [0.2, 0.25) is 0 Å². The van der Waals surface area contributed by atoms with Gasteiger partial charge in [-0.05, 0) is 24.6 Å². The van der Waals surface area contributed by atoms with Crippen molar-refractivity contribution in [3.63, 3.8) is 0 Å². The molecule has 1 saturated heterocycles. The summed E-state index contributed by atoms with van der Waals surface area (Å²) in [5, 5.41) is 2.17. The Morgan fingerprint density at radius 3 is 2.63 bits per heavy atom. The minimum atomic E-state index is -3.08. The van der Waals surface area contributed by atoms with Crippen LogP contribution in [0.5, 0.6) is 0 Å². The molecule has 0 saturated carbocycles. The van der Waals surface area contributed by atoms with Crippen LogP contribution in [-0.2, 0) is 9.84 Å². The van der Waals surface area contributed by atoms with Gasteiger partial charge in [-0.2, -0.15) is 0 Å². The monoisotopic (exact) mass is 399 g/mol. The van der Waals surface area contributed by atoms with Crippen molar-refractivity contribution in [2.45, 2.75) is 12.5 Å². The van der Waals surface area contributed by atoms with Gasteiger partial charge in [0.1, 0.15) is 0 Å². The maximum absolute atomic E-state index is 13.7. The molecule has 0 spiro atoms. The molecule has 2 aromatic rings. The number of carbonyl (C=O) groups excluding carboxylic acids is 1. The molecule has 1 fully saturated rings. The van der Waals surface area contributed by atoms with E-state index < -0.39 is 38.9 Å². The van der Waals surface area contributed by atoms with Gasteiger partial charge < -0.3 is 10.2 Å². The van der Waals surface area contributed by atoms with Gasteiger partial charge in [-0.1, -0.05) is 0 Å². The van der Waals surface area contributed by atoms with Crippen LogP contribution in [0.2, 0.25) is 0 Å². The molecule has 1 amide bonds. The third-order valence-corrected chi connectivity index (χ3v) is 6.18. The Balaban J connectivity index is 1.79. The highest BCUT2D eigenvalue weighted by Gasteiger charge is 2.31. The van der Waals surface area contributed by atoms with Crippen molar-refractivity contribution in [2.24, 2.45) is 0 Å². The second-order valence-electron chi connectivity index (χ2n) is 6.28. The SMILES string of the molecule is CN(c1cncc(C(=O)Nc2ccc(F)c(F)c2F)c1)C1CCS(=O)(=O)C1. The maximum atomic E-state index is 13.7. The van der Waals surface area contributed by atoms with Crippen LogP contribution in [0.1, 0.15) is 16.8 Å². The number of aromatic nitrogens is 1. The topological polar surface area (TPSA) is 79.4 Å². The molecule has 0 radical (unpaired) electrons. The van der Waals surface area contributed by atoms with Crippen LogP contribution in [0.15, 0.2) is 30.6 Å². The van der Waals surface area contributed by atoms with Gasteiger partial charge in [0.05, 0.1) is 34.6 Å². The molecule has 1 aromatic carbocycles. The second-order valence-corrected chi connectivity index (χ2v) is 8.51. The van der Waals surface area contributed by atoms with Crippen molar-refractivity contribution >= 4 is 27.1 Å². The Morgan fingerprint density at radius 2 is 1.96 bits per heavy atom. The number of nitrogens with one attached hydrogen (secondary N) is 1. The first-order valence-corrected chi connectivity index (χ1v) is 9.83. The van der Waals surface area contributed by atoms with E-state index in [0.717, 1.165) is 6.07 Å². The van der Waals surface area contributed by atoms with Crippen LogP contribution < -0.4 is 10.2 Å². The molecule has 1 unspecified atom stereocenters. The predicted molar refractivity (Wildman–Crippen MR) is 94.0 cm³/mol. The number of pyridine rings is 1. The van der Waals surface area contributed by atoms with Crippen molar-refractivity contribution < 1.29 is 26.4 Å². The van der Waals surface area contributed by atoms with Gasteiger partial charge in [-0.25, -0.2) is 21.6 Å². The molecule has 10 heteroatoms. The van der Waals surface area contributed by atoms with Gasteiger partial charge in [-0.15, -0.1) is 0 Å². The number of rotatable bonds is 4. The molecule has 0 bridgehead atoms. The lowest BCUT2D eigenvalue weighted by Gasteiger charge is -2.25. The Labute approximate surface area is 153 Å². The van der Waals surface area contributed by atoms with Gasteiger partial charge >= 0.3 is 0 Å². The highest BCUT2D eigenvalue weighted by atomic mass is 32.2. The summed E-state index contributed by atoms with van der Waals surface area (Å²) >= 11 is 0. The number of anilines is 2. The molecule has 27 heavy (non-hydrogen) atoms. The molecular formula is C17H16F3N3O3S. The Kier molecular flexibility index (Phi) is 5.09. The number of amides is 1.